The lowest BCUT2D eigenvalue weighted by Gasteiger charge is -2.34. The summed E-state index contributed by atoms with van der Waals surface area (Å²) in [5.74, 6) is 1.68. The van der Waals surface area contributed by atoms with Gasteiger partial charge in [0.1, 0.15) is 11.5 Å². The van der Waals surface area contributed by atoms with Crippen LogP contribution >= 0.6 is 0 Å². The van der Waals surface area contributed by atoms with E-state index in [0.717, 1.165) is 58.8 Å². The van der Waals surface area contributed by atoms with Crippen LogP contribution in [-0.2, 0) is 9.53 Å². The van der Waals surface area contributed by atoms with Crippen molar-refractivity contribution in [2.24, 2.45) is 5.92 Å². The number of nitrogens with zero attached hydrogens (tertiary/aromatic N) is 2. The summed E-state index contributed by atoms with van der Waals surface area (Å²) in [5.41, 5.74) is 1.29. The first-order valence-electron chi connectivity index (χ1n) is 12.4. The molecule has 2 heterocycles. The van der Waals surface area contributed by atoms with Crippen LogP contribution in [0.5, 0.6) is 11.5 Å². The monoisotopic (exact) mass is 481 g/mol. The number of carbonyl (C=O) groups is 2. The summed E-state index contributed by atoms with van der Waals surface area (Å²) < 4.78 is 16.2. The molecule has 188 valence electrons. The van der Waals surface area contributed by atoms with Crippen molar-refractivity contribution in [2.75, 3.05) is 65.0 Å². The van der Waals surface area contributed by atoms with Gasteiger partial charge in [-0.25, -0.2) is 0 Å². The molecule has 2 fully saturated rings. The van der Waals surface area contributed by atoms with E-state index in [9.17, 15) is 9.59 Å². The van der Waals surface area contributed by atoms with E-state index in [1.807, 2.05) is 11.0 Å². The third-order valence-electron chi connectivity index (χ3n) is 6.68. The average Bonchev–Trinajstić information content (AvgIpc) is 2.91. The molecule has 0 bridgehead atoms. The van der Waals surface area contributed by atoms with Gasteiger partial charge in [0.05, 0.1) is 20.3 Å². The van der Waals surface area contributed by atoms with Gasteiger partial charge in [0.15, 0.2) is 6.61 Å². The number of likely N-dealkylation sites (tertiary alicyclic amines) is 1. The standard InChI is InChI=1S/C27H35N3O5/c1-33-25-4-2-3-23(19-25)28-26(31)20-35-24-7-5-22(6-8-24)27(32)30-13-10-21(11-14-30)9-12-29-15-17-34-18-16-29/h2-8,19,21H,9-18,20H2,1H3,(H,28,31). The highest BCUT2D eigenvalue weighted by Crippen LogP contribution is 2.23. The van der Waals surface area contributed by atoms with E-state index in [2.05, 4.69) is 10.2 Å². The molecule has 8 nitrogen and oxygen atoms in total. The number of benzene rings is 2. The van der Waals surface area contributed by atoms with E-state index in [0.29, 0.717) is 28.7 Å². The zero-order chi connectivity index (χ0) is 24.5. The van der Waals surface area contributed by atoms with Crippen molar-refractivity contribution < 1.29 is 23.8 Å². The topological polar surface area (TPSA) is 80.3 Å². The lowest BCUT2D eigenvalue weighted by Crippen LogP contribution is -2.40. The van der Waals surface area contributed by atoms with Crippen LogP contribution in [0.15, 0.2) is 48.5 Å². The highest BCUT2D eigenvalue weighted by molar-refractivity contribution is 5.94. The Bertz CT molecular complexity index is 967. The molecule has 1 N–H and O–H groups in total. The van der Waals surface area contributed by atoms with Crippen LogP contribution < -0.4 is 14.8 Å². The summed E-state index contributed by atoms with van der Waals surface area (Å²) in [6.45, 7) is 6.35. The van der Waals surface area contributed by atoms with Gasteiger partial charge in [-0.15, -0.1) is 0 Å². The van der Waals surface area contributed by atoms with Crippen LogP contribution in [0.1, 0.15) is 29.6 Å². The van der Waals surface area contributed by atoms with E-state index in [-0.39, 0.29) is 18.4 Å². The van der Waals surface area contributed by atoms with Gasteiger partial charge in [0.25, 0.3) is 11.8 Å². The number of piperidine rings is 1. The highest BCUT2D eigenvalue weighted by atomic mass is 16.5. The molecule has 2 aromatic carbocycles. The van der Waals surface area contributed by atoms with Crippen molar-refractivity contribution in [1.29, 1.82) is 0 Å². The maximum absolute atomic E-state index is 12.9. The van der Waals surface area contributed by atoms with Gasteiger partial charge >= 0.3 is 0 Å². The number of anilines is 1. The van der Waals surface area contributed by atoms with Gasteiger partial charge in [-0.3, -0.25) is 14.5 Å². The van der Waals surface area contributed by atoms with E-state index >= 15 is 0 Å². The molecular formula is C27H35N3O5. The fourth-order valence-corrected chi connectivity index (χ4v) is 4.54. The van der Waals surface area contributed by atoms with Crippen molar-refractivity contribution in [3.8, 4) is 11.5 Å². The first-order chi connectivity index (χ1) is 17.1. The number of nitrogens with one attached hydrogen (secondary N) is 1. The predicted molar refractivity (Wildman–Crippen MR) is 134 cm³/mol. The van der Waals surface area contributed by atoms with Crippen molar-refractivity contribution in [3.63, 3.8) is 0 Å². The normalized spacial score (nSPS) is 17.1. The molecule has 0 radical (unpaired) electrons. The Morgan fingerprint density at radius 2 is 1.74 bits per heavy atom. The molecule has 0 unspecified atom stereocenters. The number of methoxy groups -OCH3 is 1. The number of amides is 2. The first-order valence-corrected chi connectivity index (χ1v) is 12.4. The van der Waals surface area contributed by atoms with Gasteiger partial charge in [-0.1, -0.05) is 6.07 Å². The summed E-state index contributed by atoms with van der Waals surface area (Å²) >= 11 is 0. The van der Waals surface area contributed by atoms with Crippen LogP contribution in [0.3, 0.4) is 0 Å². The smallest absolute Gasteiger partial charge is 0.262 e. The number of hydrogen-bond donors (Lipinski definition) is 1. The Kier molecular flexibility index (Phi) is 8.97. The number of carbonyl (C=O) groups excluding carboxylic acids is 2. The van der Waals surface area contributed by atoms with Crippen molar-refractivity contribution >= 4 is 17.5 Å². The van der Waals surface area contributed by atoms with Gasteiger partial charge in [0.2, 0.25) is 0 Å². The minimum absolute atomic E-state index is 0.0546. The average molecular weight is 482 g/mol. The highest BCUT2D eigenvalue weighted by Gasteiger charge is 2.24. The van der Waals surface area contributed by atoms with E-state index < -0.39 is 0 Å². The second-order valence-corrected chi connectivity index (χ2v) is 9.07. The molecule has 0 spiro atoms. The quantitative estimate of drug-likeness (QED) is 0.592. The Morgan fingerprint density at radius 1 is 1.00 bits per heavy atom. The maximum Gasteiger partial charge on any atom is 0.262 e. The fraction of sp³-hybridized carbons (Fsp3) is 0.481. The molecule has 2 aliphatic heterocycles. The molecule has 8 heteroatoms. The first kappa shape index (κ1) is 25.0. The molecule has 0 aromatic heterocycles. The third-order valence-corrected chi connectivity index (χ3v) is 6.68. The Balaban J connectivity index is 1.18. The van der Waals surface area contributed by atoms with Crippen LogP contribution in [-0.4, -0.2) is 81.3 Å². The molecular weight excluding hydrogens is 446 g/mol. The number of ether oxygens (including phenoxy) is 3. The summed E-state index contributed by atoms with van der Waals surface area (Å²) in [5, 5.41) is 2.78. The maximum atomic E-state index is 12.9. The molecule has 35 heavy (non-hydrogen) atoms. The summed E-state index contributed by atoms with van der Waals surface area (Å²) in [6.07, 6.45) is 3.30. The van der Waals surface area contributed by atoms with Crippen molar-refractivity contribution in [2.45, 2.75) is 19.3 Å². The predicted octanol–water partition coefficient (Wildman–Crippen LogP) is 3.29. The fourth-order valence-electron chi connectivity index (χ4n) is 4.54. The van der Waals surface area contributed by atoms with Gasteiger partial charge < -0.3 is 24.4 Å². The van der Waals surface area contributed by atoms with Crippen molar-refractivity contribution in [3.05, 3.63) is 54.1 Å². The Hall–Kier alpha value is -3.10. The zero-order valence-corrected chi connectivity index (χ0v) is 20.4. The third kappa shape index (κ3) is 7.44. The van der Waals surface area contributed by atoms with E-state index in [1.165, 1.54) is 6.42 Å². The molecule has 0 saturated carbocycles. The second-order valence-electron chi connectivity index (χ2n) is 9.07. The molecule has 4 rings (SSSR count). The van der Waals surface area contributed by atoms with E-state index in [1.54, 1.807) is 49.6 Å². The summed E-state index contributed by atoms with van der Waals surface area (Å²) in [7, 11) is 1.58. The Morgan fingerprint density at radius 3 is 2.46 bits per heavy atom. The number of hydrogen-bond acceptors (Lipinski definition) is 6. The van der Waals surface area contributed by atoms with Crippen molar-refractivity contribution in [1.82, 2.24) is 9.80 Å². The van der Waals surface area contributed by atoms with Crippen LogP contribution in [0, 0.1) is 5.92 Å². The van der Waals surface area contributed by atoms with E-state index in [4.69, 9.17) is 14.2 Å². The minimum atomic E-state index is -0.269. The molecule has 2 aliphatic rings. The van der Waals surface area contributed by atoms with Crippen LogP contribution in [0.25, 0.3) is 0 Å². The summed E-state index contributed by atoms with van der Waals surface area (Å²) in [4.78, 5) is 29.5. The molecule has 2 amide bonds. The molecule has 0 atom stereocenters. The molecule has 2 saturated heterocycles. The minimum Gasteiger partial charge on any atom is -0.497 e. The van der Waals surface area contributed by atoms with Gasteiger partial charge in [-0.2, -0.15) is 0 Å². The number of rotatable bonds is 9. The zero-order valence-electron chi connectivity index (χ0n) is 20.4. The van der Waals surface area contributed by atoms with Gasteiger partial charge in [0, 0.05) is 43.5 Å². The Labute approximate surface area is 207 Å². The molecule has 0 aliphatic carbocycles. The number of morpholine rings is 1. The van der Waals surface area contributed by atoms with Gasteiger partial charge in [-0.05, 0) is 68.1 Å². The summed E-state index contributed by atoms with van der Waals surface area (Å²) in [6, 6.07) is 14.1. The lowest BCUT2D eigenvalue weighted by molar-refractivity contribution is -0.118. The largest absolute Gasteiger partial charge is 0.497 e. The van der Waals surface area contributed by atoms with Crippen LogP contribution in [0.2, 0.25) is 0 Å². The second kappa shape index (κ2) is 12.6. The van der Waals surface area contributed by atoms with Crippen LogP contribution in [0.4, 0.5) is 5.69 Å². The molecule has 2 aromatic rings. The lowest BCUT2D eigenvalue weighted by atomic mass is 9.93. The SMILES string of the molecule is COc1cccc(NC(=O)COc2ccc(C(=O)N3CCC(CCN4CCOCC4)CC3)cc2)c1.